The summed E-state index contributed by atoms with van der Waals surface area (Å²) in [6.07, 6.45) is 9.60. The molecule has 0 radical (unpaired) electrons. The second-order valence-corrected chi connectivity index (χ2v) is 6.65. The summed E-state index contributed by atoms with van der Waals surface area (Å²) < 4.78 is 0. The predicted octanol–water partition coefficient (Wildman–Crippen LogP) is 3.41. The van der Waals surface area contributed by atoms with Gasteiger partial charge in [0.05, 0.1) is 11.7 Å². The van der Waals surface area contributed by atoms with Crippen molar-refractivity contribution in [2.45, 2.75) is 25.4 Å². The first kappa shape index (κ1) is 15.2. The molecule has 0 spiro atoms. The summed E-state index contributed by atoms with van der Waals surface area (Å²) in [7, 11) is 0. The van der Waals surface area contributed by atoms with Crippen molar-refractivity contribution in [2.24, 2.45) is 0 Å². The van der Waals surface area contributed by atoms with E-state index in [0.717, 1.165) is 30.3 Å². The summed E-state index contributed by atoms with van der Waals surface area (Å²) in [6, 6.07) is 6.50. The number of likely N-dealkylation sites (tertiary alicyclic amines) is 1. The number of anilines is 2. The Kier molecular flexibility index (Phi) is 4.44. The average molecular weight is 338 g/mol. The normalized spacial score (nSPS) is 17.9. The number of nitrogens with zero attached hydrogens (tertiary/aromatic N) is 5. The quantitative estimate of drug-likeness (QED) is 0.769. The maximum Gasteiger partial charge on any atom is 0.229 e. The minimum absolute atomic E-state index is 0.331. The van der Waals surface area contributed by atoms with Gasteiger partial charge in [-0.05, 0) is 43.1 Å². The molecule has 122 valence electrons. The van der Waals surface area contributed by atoms with E-state index in [-0.39, 0.29) is 0 Å². The van der Waals surface area contributed by atoms with Crippen molar-refractivity contribution in [3.05, 3.63) is 59.6 Å². The number of pyridine rings is 1. The smallest absolute Gasteiger partial charge is 0.229 e. The summed E-state index contributed by atoms with van der Waals surface area (Å²) in [5.74, 6) is 0.609. The molecule has 0 amide bonds. The van der Waals surface area contributed by atoms with Gasteiger partial charge in [0.15, 0.2) is 5.13 Å². The van der Waals surface area contributed by atoms with Crippen LogP contribution in [0.3, 0.4) is 0 Å². The zero-order valence-corrected chi connectivity index (χ0v) is 14.0. The average Bonchev–Trinajstić information content (AvgIpc) is 3.28. The SMILES string of the molecule is c1cc(CN2CCC[C@@H]2c2ccnc(Nc3nccs3)n2)ccn1. The molecular formula is C17H18N6S. The molecule has 1 aliphatic heterocycles. The van der Waals surface area contributed by atoms with E-state index >= 15 is 0 Å². The Balaban J connectivity index is 1.51. The van der Waals surface area contributed by atoms with E-state index in [1.54, 1.807) is 6.20 Å². The van der Waals surface area contributed by atoms with Gasteiger partial charge in [-0.3, -0.25) is 9.88 Å². The second kappa shape index (κ2) is 7.02. The van der Waals surface area contributed by atoms with Gasteiger partial charge in [-0.15, -0.1) is 11.3 Å². The van der Waals surface area contributed by atoms with Crippen molar-refractivity contribution < 1.29 is 0 Å². The fourth-order valence-electron chi connectivity index (χ4n) is 3.07. The van der Waals surface area contributed by atoms with E-state index in [1.807, 2.05) is 30.0 Å². The van der Waals surface area contributed by atoms with E-state index in [2.05, 4.69) is 37.3 Å². The van der Waals surface area contributed by atoms with Crippen molar-refractivity contribution in [2.75, 3.05) is 11.9 Å². The number of aromatic nitrogens is 4. The Hall–Kier alpha value is -2.38. The van der Waals surface area contributed by atoms with Crippen LogP contribution in [0.4, 0.5) is 11.1 Å². The summed E-state index contributed by atoms with van der Waals surface area (Å²) in [5.41, 5.74) is 2.35. The zero-order chi connectivity index (χ0) is 16.2. The maximum absolute atomic E-state index is 4.71. The molecule has 4 heterocycles. The van der Waals surface area contributed by atoms with Crippen LogP contribution in [0.25, 0.3) is 0 Å². The highest BCUT2D eigenvalue weighted by atomic mass is 32.1. The van der Waals surface area contributed by atoms with Gasteiger partial charge in [-0.2, -0.15) is 0 Å². The van der Waals surface area contributed by atoms with Gasteiger partial charge in [-0.1, -0.05) is 0 Å². The fourth-order valence-corrected chi connectivity index (χ4v) is 3.59. The van der Waals surface area contributed by atoms with Gasteiger partial charge in [0, 0.05) is 36.7 Å². The lowest BCUT2D eigenvalue weighted by Crippen LogP contribution is -2.23. The number of thiazole rings is 1. The van der Waals surface area contributed by atoms with Crippen LogP contribution in [-0.4, -0.2) is 31.4 Å². The highest BCUT2D eigenvalue weighted by Crippen LogP contribution is 2.32. The molecule has 0 bridgehead atoms. The van der Waals surface area contributed by atoms with Crippen LogP contribution in [-0.2, 0) is 6.54 Å². The summed E-state index contributed by atoms with van der Waals surface area (Å²) in [6.45, 7) is 2.01. The van der Waals surface area contributed by atoms with E-state index < -0.39 is 0 Å². The van der Waals surface area contributed by atoms with Gasteiger partial charge in [0.1, 0.15) is 0 Å². The zero-order valence-electron chi connectivity index (χ0n) is 13.2. The third-order valence-corrected chi connectivity index (χ3v) is 4.86. The molecule has 0 aromatic carbocycles. The molecule has 1 fully saturated rings. The van der Waals surface area contributed by atoms with Gasteiger partial charge in [0.2, 0.25) is 5.95 Å². The molecule has 0 saturated carbocycles. The van der Waals surface area contributed by atoms with Crippen LogP contribution in [0, 0.1) is 0 Å². The number of hydrogen-bond acceptors (Lipinski definition) is 7. The first-order chi connectivity index (χ1) is 11.9. The molecule has 1 N–H and O–H groups in total. The van der Waals surface area contributed by atoms with Crippen molar-refractivity contribution in [3.63, 3.8) is 0 Å². The predicted molar refractivity (Wildman–Crippen MR) is 94.1 cm³/mol. The fraction of sp³-hybridized carbons (Fsp3) is 0.294. The van der Waals surface area contributed by atoms with Crippen LogP contribution in [0.2, 0.25) is 0 Å². The molecule has 3 aromatic rings. The van der Waals surface area contributed by atoms with E-state index in [1.165, 1.54) is 23.3 Å². The molecule has 6 nitrogen and oxygen atoms in total. The second-order valence-electron chi connectivity index (χ2n) is 5.75. The van der Waals surface area contributed by atoms with Crippen molar-refractivity contribution in [1.82, 2.24) is 24.8 Å². The summed E-state index contributed by atoms with van der Waals surface area (Å²) in [5, 5.41) is 5.91. The Bertz CT molecular complexity index is 777. The Morgan fingerprint density at radius 3 is 2.88 bits per heavy atom. The highest BCUT2D eigenvalue weighted by molar-refractivity contribution is 7.13. The molecule has 1 saturated heterocycles. The molecule has 1 aliphatic rings. The van der Waals surface area contributed by atoms with Gasteiger partial charge < -0.3 is 5.32 Å². The largest absolute Gasteiger partial charge is 0.300 e. The van der Waals surface area contributed by atoms with Gasteiger partial charge >= 0.3 is 0 Å². The standard InChI is InChI=1S/C17H18N6S/c1-2-15(23(10-1)12-13-3-6-18-7-4-13)14-5-8-19-16(21-14)22-17-20-9-11-24-17/h3-9,11,15H,1-2,10,12H2,(H,19,20,21,22)/t15-/m1/s1. The first-order valence-electron chi connectivity index (χ1n) is 8.01. The Morgan fingerprint density at radius 1 is 1.12 bits per heavy atom. The lowest BCUT2D eigenvalue weighted by Gasteiger charge is -2.24. The third kappa shape index (κ3) is 3.42. The topological polar surface area (TPSA) is 66.8 Å². The molecule has 0 aliphatic carbocycles. The first-order valence-corrected chi connectivity index (χ1v) is 8.89. The highest BCUT2D eigenvalue weighted by Gasteiger charge is 2.27. The molecule has 24 heavy (non-hydrogen) atoms. The monoisotopic (exact) mass is 338 g/mol. The van der Waals surface area contributed by atoms with Gasteiger partial charge in [0.25, 0.3) is 0 Å². The van der Waals surface area contributed by atoms with Crippen LogP contribution in [0.15, 0.2) is 48.4 Å². The number of hydrogen-bond donors (Lipinski definition) is 1. The molecule has 7 heteroatoms. The van der Waals surface area contributed by atoms with Crippen molar-refractivity contribution >= 4 is 22.4 Å². The lowest BCUT2D eigenvalue weighted by atomic mass is 10.1. The van der Waals surface area contributed by atoms with Crippen LogP contribution < -0.4 is 5.32 Å². The minimum Gasteiger partial charge on any atom is -0.300 e. The molecular weight excluding hydrogens is 320 g/mol. The van der Waals surface area contributed by atoms with E-state index in [0.29, 0.717) is 12.0 Å². The number of nitrogens with one attached hydrogen (secondary N) is 1. The van der Waals surface area contributed by atoms with Crippen molar-refractivity contribution in [3.8, 4) is 0 Å². The van der Waals surface area contributed by atoms with E-state index in [4.69, 9.17) is 4.98 Å². The lowest BCUT2D eigenvalue weighted by molar-refractivity contribution is 0.244. The van der Waals surface area contributed by atoms with Crippen LogP contribution >= 0.6 is 11.3 Å². The van der Waals surface area contributed by atoms with Crippen molar-refractivity contribution in [1.29, 1.82) is 0 Å². The molecule has 4 rings (SSSR count). The molecule has 1 atom stereocenters. The molecule has 3 aromatic heterocycles. The van der Waals surface area contributed by atoms with E-state index in [9.17, 15) is 0 Å². The van der Waals surface area contributed by atoms with Gasteiger partial charge in [-0.25, -0.2) is 15.0 Å². The summed E-state index contributed by atoms with van der Waals surface area (Å²) >= 11 is 1.54. The minimum atomic E-state index is 0.331. The summed E-state index contributed by atoms with van der Waals surface area (Å²) in [4.78, 5) is 19.8. The Morgan fingerprint density at radius 2 is 2.04 bits per heavy atom. The number of rotatable bonds is 5. The van der Waals surface area contributed by atoms with Crippen LogP contribution in [0.1, 0.15) is 30.1 Å². The molecule has 0 unspecified atom stereocenters. The maximum atomic E-state index is 4.71. The Labute approximate surface area is 144 Å². The third-order valence-electron chi connectivity index (χ3n) is 4.17. The van der Waals surface area contributed by atoms with Crippen LogP contribution in [0.5, 0.6) is 0 Å².